The zero-order chi connectivity index (χ0) is 17.2. The first-order valence-electron chi connectivity index (χ1n) is 8.10. The van der Waals surface area contributed by atoms with Gasteiger partial charge in [0.15, 0.2) is 11.5 Å². The minimum atomic E-state index is -1.10. The topological polar surface area (TPSA) is 84.9 Å². The highest BCUT2D eigenvalue weighted by Gasteiger charge is 2.51. The Balaban J connectivity index is 1.90. The smallest absolute Gasteiger partial charge is 0.325 e. The molecule has 1 aromatic rings. The average molecular weight is 332 g/mol. The summed E-state index contributed by atoms with van der Waals surface area (Å²) in [7, 11) is 0. The molecule has 128 valence electrons. The van der Waals surface area contributed by atoms with Crippen LogP contribution >= 0.6 is 0 Å². The predicted octanol–water partition coefficient (Wildman–Crippen LogP) is 1.59. The third-order valence-electron chi connectivity index (χ3n) is 4.44. The molecule has 2 heterocycles. The third-order valence-corrected chi connectivity index (χ3v) is 4.44. The van der Waals surface area contributed by atoms with Gasteiger partial charge in [0.25, 0.3) is 5.91 Å². The number of hydrogen-bond donors (Lipinski definition) is 1. The second-order valence-electron chi connectivity index (χ2n) is 5.81. The molecule has 1 N–H and O–H groups in total. The first kappa shape index (κ1) is 16.3. The minimum absolute atomic E-state index is 0.232. The van der Waals surface area contributed by atoms with Crippen LogP contribution in [0, 0.1) is 0 Å². The lowest BCUT2D eigenvalue weighted by Gasteiger charge is -2.27. The quantitative estimate of drug-likeness (QED) is 0.486. The van der Waals surface area contributed by atoms with Gasteiger partial charge in [-0.1, -0.05) is 13.0 Å². The third kappa shape index (κ3) is 2.60. The van der Waals surface area contributed by atoms with Gasteiger partial charge in [0.05, 0.1) is 0 Å². The molecule has 3 amide bonds. The molecule has 3 rings (SSSR count). The van der Waals surface area contributed by atoms with Crippen molar-refractivity contribution in [1.82, 2.24) is 10.2 Å². The van der Waals surface area contributed by atoms with Crippen LogP contribution in [-0.2, 0) is 15.1 Å². The molecule has 0 spiro atoms. The number of nitrogens with zero attached hydrogens (tertiary/aromatic N) is 1. The van der Waals surface area contributed by atoms with Gasteiger partial charge in [-0.15, -0.1) is 0 Å². The number of benzene rings is 1. The molecule has 1 unspecified atom stereocenters. The van der Waals surface area contributed by atoms with E-state index in [2.05, 4.69) is 5.32 Å². The van der Waals surface area contributed by atoms with Gasteiger partial charge in [-0.3, -0.25) is 9.69 Å². The van der Waals surface area contributed by atoms with E-state index in [0.29, 0.717) is 49.5 Å². The summed E-state index contributed by atoms with van der Waals surface area (Å²) in [4.78, 5) is 36.8. The lowest BCUT2D eigenvalue weighted by Crippen LogP contribution is -2.43. The summed E-state index contributed by atoms with van der Waals surface area (Å²) in [6.45, 7) is 3.03. The van der Waals surface area contributed by atoms with Crippen LogP contribution in [0.1, 0.15) is 31.7 Å². The Kier molecular flexibility index (Phi) is 4.42. The Morgan fingerprint density at radius 1 is 1.25 bits per heavy atom. The summed E-state index contributed by atoms with van der Waals surface area (Å²) in [6.07, 6.45) is 1.98. The summed E-state index contributed by atoms with van der Waals surface area (Å²) in [5, 5.41) is 2.82. The number of imide groups is 1. The molecular formula is C17H20N2O5. The molecule has 0 saturated carbocycles. The molecule has 0 aliphatic carbocycles. The second kappa shape index (κ2) is 6.51. The van der Waals surface area contributed by atoms with Crippen molar-refractivity contribution < 1.29 is 23.9 Å². The Labute approximate surface area is 139 Å². The van der Waals surface area contributed by atoms with E-state index in [4.69, 9.17) is 9.47 Å². The fourth-order valence-corrected chi connectivity index (χ4v) is 3.11. The van der Waals surface area contributed by atoms with Crippen molar-refractivity contribution in [2.24, 2.45) is 0 Å². The fraction of sp³-hybridized carbons (Fsp3) is 0.471. The van der Waals surface area contributed by atoms with Crippen LogP contribution in [0.15, 0.2) is 18.2 Å². The van der Waals surface area contributed by atoms with Gasteiger partial charge in [-0.25, -0.2) is 4.79 Å². The van der Waals surface area contributed by atoms with Crippen molar-refractivity contribution in [3.8, 4) is 11.5 Å². The number of aldehydes is 1. The Bertz CT molecular complexity index is 675. The standard InChI is InChI=1S/C17H20N2O5/c1-2-17(12-5-6-13-14(11-12)24-10-9-23-13)15(21)19(16(22)18-17)7-3-4-8-20/h5-6,8,11H,2-4,7,9-10H2,1H3,(H,18,22). The van der Waals surface area contributed by atoms with E-state index in [1.165, 1.54) is 4.90 Å². The molecule has 2 aliphatic rings. The molecule has 0 aromatic heterocycles. The molecule has 1 aromatic carbocycles. The lowest BCUT2D eigenvalue weighted by atomic mass is 9.87. The van der Waals surface area contributed by atoms with Crippen molar-refractivity contribution in [1.29, 1.82) is 0 Å². The van der Waals surface area contributed by atoms with Gasteiger partial charge in [0.1, 0.15) is 25.0 Å². The van der Waals surface area contributed by atoms with E-state index < -0.39 is 11.6 Å². The maximum atomic E-state index is 12.9. The Morgan fingerprint density at radius 3 is 2.71 bits per heavy atom. The van der Waals surface area contributed by atoms with Gasteiger partial charge >= 0.3 is 6.03 Å². The number of ether oxygens (including phenoxy) is 2. The van der Waals surface area contributed by atoms with E-state index in [-0.39, 0.29) is 12.5 Å². The van der Waals surface area contributed by atoms with Crippen LogP contribution in [0.4, 0.5) is 4.79 Å². The van der Waals surface area contributed by atoms with E-state index in [1.807, 2.05) is 6.92 Å². The normalized spacial score (nSPS) is 22.5. The second-order valence-corrected chi connectivity index (χ2v) is 5.81. The number of hydrogen-bond acceptors (Lipinski definition) is 5. The molecule has 0 radical (unpaired) electrons. The number of unbranched alkanes of at least 4 members (excludes halogenated alkanes) is 1. The number of nitrogens with one attached hydrogen (secondary N) is 1. The number of urea groups is 1. The highest BCUT2D eigenvalue weighted by atomic mass is 16.6. The zero-order valence-electron chi connectivity index (χ0n) is 13.5. The average Bonchev–Trinajstić information content (AvgIpc) is 2.86. The van der Waals surface area contributed by atoms with Crippen molar-refractivity contribution in [3.05, 3.63) is 23.8 Å². The summed E-state index contributed by atoms with van der Waals surface area (Å²) in [5.41, 5.74) is -0.431. The maximum absolute atomic E-state index is 12.9. The molecular weight excluding hydrogens is 312 g/mol. The van der Waals surface area contributed by atoms with Gasteiger partial charge in [0.2, 0.25) is 0 Å². The van der Waals surface area contributed by atoms with Gasteiger partial charge in [0, 0.05) is 13.0 Å². The molecule has 7 nitrogen and oxygen atoms in total. The Morgan fingerprint density at radius 2 is 2.00 bits per heavy atom. The van der Waals surface area contributed by atoms with Crippen molar-refractivity contribution >= 4 is 18.2 Å². The number of rotatable bonds is 6. The van der Waals surface area contributed by atoms with Crippen LogP contribution in [0.2, 0.25) is 0 Å². The first-order valence-corrected chi connectivity index (χ1v) is 8.10. The number of carbonyl (C=O) groups excluding carboxylic acids is 3. The zero-order valence-corrected chi connectivity index (χ0v) is 13.5. The summed E-state index contributed by atoms with van der Waals surface area (Å²) >= 11 is 0. The number of carbonyl (C=O) groups is 3. The number of amides is 3. The lowest BCUT2D eigenvalue weighted by molar-refractivity contribution is -0.132. The molecule has 1 fully saturated rings. The molecule has 1 atom stereocenters. The van der Waals surface area contributed by atoms with Gasteiger partial charge < -0.3 is 19.6 Å². The van der Waals surface area contributed by atoms with Crippen molar-refractivity contribution in [3.63, 3.8) is 0 Å². The minimum Gasteiger partial charge on any atom is -0.486 e. The largest absolute Gasteiger partial charge is 0.486 e. The number of fused-ring (bicyclic) bond motifs is 1. The van der Waals surface area contributed by atoms with Crippen LogP contribution in [0.3, 0.4) is 0 Å². The molecule has 1 saturated heterocycles. The molecule has 2 aliphatic heterocycles. The van der Waals surface area contributed by atoms with Crippen LogP contribution in [-0.4, -0.2) is 42.9 Å². The highest BCUT2D eigenvalue weighted by Crippen LogP contribution is 2.38. The van der Waals surface area contributed by atoms with E-state index in [0.717, 1.165) is 6.29 Å². The van der Waals surface area contributed by atoms with E-state index >= 15 is 0 Å². The molecule has 0 bridgehead atoms. The molecule has 24 heavy (non-hydrogen) atoms. The van der Waals surface area contributed by atoms with E-state index in [1.54, 1.807) is 18.2 Å². The fourth-order valence-electron chi connectivity index (χ4n) is 3.11. The van der Waals surface area contributed by atoms with Crippen LogP contribution in [0.25, 0.3) is 0 Å². The summed E-state index contributed by atoms with van der Waals surface area (Å²) < 4.78 is 11.1. The van der Waals surface area contributed by atoms with Gasteiger partial charge in [-0.2, -0.15) is 0 Å². The predicted molar refractivity (Wildman–Crippen MR) is 84.9 cm³/mol. The monoisotopic (exact) mass is 332 g/mol. The molecule has 7 heteroatoms. The first-order chi connectivity index (χ1) is 11.6. The van der Waals surface area contributed by atoms with Gasteiger partial charge in [-0.05, 0) is 30.5 Å². The maximum Gasteiger partial charge on any atom is 0.325 e. The van der Waals surface area contributed by atoms with E-state index in [9.17, 15) is 14.4 Å². The van der Waals surface area contributed by atoms with Crippen LogP contribution < -0.4 is 14.8 Å². The van der Waals surface area contributed by atoms with Crippen molar-refractivity contribution in [2.45, 2.75) is 31.7 Å². The SMILES string of the molecule is CCC1(c2ccc3c(c2)OCCO3)NC(=O)N(CCCC=O)C1=O. The van der Waals surface area contributed by atoms with Crippen LogP contribution in [0.5, 0.6) is 11.5 Å². The Hall–Kier alpha value is -2.57. The van der Waals surface area contributed by atoms with Crippen molar-refractivity contribution in [2.75, 3.05) is 19.8 Å². The summed E-state index contributed by atoms with van der Waals surface area (Å²) in [5.74, 6) is 0.918. The summed E-state index contributed by atoms with van der Waals surface area (Å²) in [6, 6.07) is 4.87. The highest BCUT2D eigenvalue weighted by molar-refractivity contribution is 6.07.